The number of rotatable bonds is 5. The van der Waals surface area contributed by atoms with Gasteiger partial charge in [0, 0.05) is 18.8 Å². The maximum atomic E-state index is 12.3. The Bertz CT molecular complexity index is 657. The average molecular weight is 350 g/mol. The van der Waals surface area contributed by atoms with Crippen molar-refractivity contribution < 1.29 is 23.9 Å². The number of amides is 1. The van der Waals surface area contributed by atoms with Gasteiger partial charge in [-0.05, 0) is 45.1 Å². The molecule has 0 atom stereocenters. The van der Waals surface area contributed by atoms with Crippen LogP contribution in [0.2, 0.25) is 0 Å². The van der Waals surface area contributed by atoms with E-state index in [4.69, 9.17) is 9.47 Å². The van der Waals surface area contributed by atoms with Crippen molar-refractivity contribution in [1.82, 2.24) is 9.88 Å². The fraction of sp³-hybridized carbons (Fsp3) is 0.611. The summed E-state index contributed by atoms with van der Waals surface area (Å²) in [5, 5.41) is 0. The van der Waals surface area contributed by atoms with Crippen molar-refractivity contribution in [3.63, 3.8) is 0 Å². The molecule has 138 valence electrons. The first-order chi connectivity index (χ1) is 11.8. The fourth-order valence-electron chi connectivity index (χ4n) is 3.01. The second-order valence-corrected chi connectivity index (χ2v) is 6.48. The molecule has 25 heavy (non-hydrogen) atoms. The highest BCUT2D eigenvalue weighted by Gasteiger charge is 2.25. The summed E-state index contributed by atoms with van der Waals surface area (Å²) in [4.78, 5) is 41.0. The first-order valence-electron chi connectivity index (χ1n) is 8.66. The van der Waals surface area contributed by atoms with Crippen molar-refractivity contribution in [2.24, 2.45) is 5.92 Å². The number of aryl methyl sites for hydroxylation is 1. The van der Waals surface area contributed by atoms with Gasteiger partial charge in [-0.1, -0.05) is 6.92 Å². The lowest BCUT2D eigenvalue weighted by molar-refractivity contribution is -0.135. The van der Waals surface area contributed by atoms with Gasteiger partial charge in [0.2, 0.25) is 0 Å². The van der Waals surface area contributed by atoms with Crippen LogP contribution in [0.25, 0.3) is 0 Å². The minimum atomic E-state index is -0.644. The highest BCUT2D eigenvalue weighted by molar-refractivity contribution is 5.99. The summed E-state index contributed by atoms with van der Waals surface area (Å²) in [6.07, 6.45) is 1.94. The van der Waals surface area contributed by atoms with Gasteiger partial charge < -0.3 is 19.4 Å². The molecule has 1 aliphatic heterocycles. The number of aromatic nitrogens is 1. The number of ether oxygens (including phenoxy) is 2. The van der Waals surface area contributed by atoms with Crippen LogP contribution in [0.3, 0.4) is 0 Å². The Labute approximate surface area is 147 Å². The number of nitrogens with zero attached hydrogens (tertiary/aromatic N) is 1. The summed E-state index contributed by atoms with van der Waals surface area (Å²) in [6.45, 7) is 8.59. The number of nitrogens with one attached hydrogen (secondary N) is 1. The Morgan fingerprint density at radius 2 is 1.76 bits per heavy atom. The topological polar surface area (TPSA) is 88.7 Å². The molecule has 0 spiro atoms. The molecule has 0 unspecified atom stereocenters. The van der Waals surface area contributed by atoms with Crippen molar-refractivity contribution in [2.45, 2.75) is 40.5 Å². The highest BCUT2D eigenvalue weighted by atomic mass is 16.5. The zero-order valence-electron chi connectivity index (χ0n) is 15.3. The molecule has 1 aromatic heterocycles. The molecule has 0 bridgehead atoms. The van der Waals surface area contributed by atoms with Crippen LogP contribution in [0.15, 0.2) is 0 Å². The Morgan fingerprint density at radius 3 is 2.36 bits per heavy atom. The van der Waals surface area contributed by atoms with Gasteiger partial charge in [-0.2, -0.15) is 0 Å². The van der Waals surface area contributed by atoms with E-state index in [1.807, 2.05) is 0 Å². The molecule has 0 aromatic carbocycles. The molecule has 0 aliphatic carbocycles. The van der Waals surface area contributed by atoms with Crippen LogP contribution in [0.4, 0.5) is 0 Å². The Hall–Kier alpha value is -2.31. The summed E-state index contributed by atoms with van der Waals surface area (Å²) >= 11 is 0. The zero-order valence-corrected chi connectivity index (χ0v) is 15.3. The lowest BCUT2D eigenvalue weighted by atomic mass is 9.99. The van der Waals surface area contributed by atoms with E-state index >= 15 is 0 Å². The van der Waals surface area contributed by atoms with Crippen molar-refractivity contribution >= 4 is 17.8 Å². The quantitative estimate of drug-likeness (QED) is 0.823. The first-order valence-corrected chi connectivity index (χ1v) is 8.66. The lowest BCUT2D eigenvalue weighted by Crippen LogP contribution is -2.40. The summed E-state index contributed by atoms with van der Waals surface area (Å²) in [6, 6.07) is 0. The summed E-state index contributed by atoms with van der Waals surface area (Å²) in [5.74, 6) is -0.689. The lowest BCUT2D eigenvalue weighted by Gasteiger charge is -2.30. The second kappa shape index (κ2) is 8.18. The predicted octanol–water partition coefficient (Wildman–Crippen LogP) is 2.22. The normalized spacial score (nSPS) is 15.1. The van der Waals surface area contributed by atoms with Crippen LogP contribution in [0.5, 0.6) is 0 Å². The molecule has 1 N–H and O–H groups in total. The van der Waals surface area contributed by atoms with Crippen molar-refractivity contribution in [3.05, 3.63) is 22.5 Å². The zero-order chi connectivity index (χ0) is 18.6. The van der Waals surface area contributed by atoms with Crippen molar-refractivity contribution in [2.75, 3.05) is 26.3 Å². The number of esters is 2. The maximum Gasteiger partial charge on any atom is 0.355 e. The van der Waals surface area contributed by atoms with Crippen LogP contribution < -0.4 is 0 Å². The third-order valence-electron chi connectivity index (χ3n) is 4.58. The van der Waals surface area contributed by atoms with Crippen molar-refractivity contribution in [1.29, 1.82) is 0 Å². The molecule has 1 fully saturated rings. The van der Waals surface area contributed by atoms with Crippen LogP contribution in [-0.4, -0.2) is 54.0 Å². The molecule has 2 rings (SSSR count). The summed E-state index contributed by atoms with van der Waals surface area (Å²) in [7, 11) is 0. The molecule has 2 heterocycles. The molecule has 1 aliphatic rings. The van der Waals surface area contributed by atoms with Gasteiger partial charge in [0.25, 0.3) is 5.91 Å². The molecule has 7 heteroatoms. The van der Waals surface area contributed by atoms with Gasteiger partial charge in [0.05, 0.1) is 12.2 Å². The molecular weight excluding hydrogens is 324 g/mol. The molecule has 0 radical (unpaired) electrons. The van der Waals surface area contributed by atoms with E-state index in [0.29, 0.717) is 35.8 Å². The monoisotopic (exact) mass is 350 g/mol. The number of H-pyrrole nitrogens is 1. The molecule has 1 saturated heterocycles. The largest absolute Gasteiger partial charge is 0.462 e. The van der Waals surface area contributed by atoms with Crippen LogP contribution in [-0.2, 0) is 14.3 Å². The fourth-order valence-corrected chi connectivity index (χ4v) is 3.01. The average Bonchev–Trinajstić information content (AvgIpc) is 2.88. The standard InChI is InChI=1S/C18H26N2O5/c1-5-24-17(22)15-12(3)16(19-13(15)4)18(23)25-10-14(21)20-8-6-11(2)7-9-20/h11,19H,5-10H2,1-4H3. The molecule has 1 aromatic rings. The third-order valence-corrected chi connectivity index (χ3v) is 4.58. The number of aromatic amines is 1. The van der Waals surface area contributed by atoms with Gasteiger partial charge in [0.15, 0.2) is 6.61 Å². The number of likely N-dealkylation sites (tertiary alicyclic amines) is 1. The number of carbonyl (C=O) groups excluding carboxylic acids is 3. The Morgan fingerprint density at radius 1 is 1.12 bits per heavy atom. The van der Waals surface area contributed by atoms with E-state index in [1.165, 1.54) is 0 Å². The van der Waals surface area contributed by atoms with Gasteiger partial charge in [-0.3, -0.25) is 4.79 Å². The van der Waals surface area contributed by atoms with Gasteiger partial charge >= 0.3 is 11.9 Å². The summed E-state index contributed by atoms with van der Waals surface area (Å²) < 4.78 is 10.1. The number of hydrogen-bond donors (Lipinski definition) is 1. The predicted molar refractivity (Wildman–Crippen MR) is 91.5 cm³/mol. The van der Waals surface area contributed by atoms with E-state index in [9.17, 15) is 14.4 Å². The third kappa shape index (κ3) is 4.41. The SMILES string of the molecule is CCOC(=O)c1c(C)[nH]c(C(=O)OCC(=O)N2CCC(C)CC2)c1C. The second-order valence-electron chi connectivity index (χ2n) is 6.48. The van der Waals surface area contributed by atoms with Crippen LogP contribution in [0, 0.1) is 19.8 Å². The van der Waals surface area contributed by atoms with E-state index in [2.05, 4.69) is 11.9 Å². The Kier molecular flexibility index (Phi) is 6.22. The minimum Gasteiger partial charge on any atom is -0.462 e. The van der Waals surface area contributed by atoms with Gasteiger partial charge in [-0.15, -0.1) is 0 Å². The molecule has 7 nitrogen and oxygen atoms in total. The molecular formula is C18H26N2O5. The number of carbonyl (C=O) groups is 3. The van der Waals surface area contributed by atoms with E-state index in [-0.39, 0.29) is 24.8 Å². The smallest absolute Gasteiger partial charge is 0.355 e. The van der Waals surface area contributed by atoms with Crippen LogP contribution in [0.1, 0.15) is 58.8 Å². The molecule has 0 saturated carbocycles. The van der Waals surface area contributed by atoms with E-state index in [0.717, 1.165) is 12.8 Å². The summed E-state index contributed by atoms with van der Waals surface area (Å²) in [5.41, 5.74) is 1.53. The first kappa shape index (κ1) is 19.0. The van der Waals surface area contributed by atoms with Gasteiger partial charge in [0.1, 0.15) is 5.69 Å². The minimum absolute atomic E-state index is 0.181. The van der Waals surface area contributed by atoms with Gasteiger partial charge in [-0.25, -0.2) is 9.59 Å². The number of piperidine rings is 1. The Balaban J connectivity index is 1.98. The van der Waals surface area contributed by atoms with E-state index in [1.54, 1.807) is 25.7 Å². The number of hydrogen-bond acceptors (Lipinski definition) is 5. The maximum absolute atomic E-state index is 12.3. The molecule has 1 amide bonds. The highest BCUT2D eigenvalue weighted by Crippen LogP contribution is 2.20. The van der Waals surface area contributed by atoms with Crippen LogP contribution >= 0.6 is 0 Å². The van der Waals surface area contributed by atoms with Crippen molar-refractivity contribution in [3.8, 4) is 0 Å². The van der Waals surface area contributed by atoms with E-state index < -0.39 is 11.9 Å².